The number of hydrogen-bond acceptors (Lipinski definition) is 2. The minimum Gasteiger partial charge on any atom is -0.484 e. The highest BCUT2D eigenvalue weighted by Crippen LogP contribution is 2.30. The molecule has 146 valence electrons. The summed E-state index contributed by atoms with van der Waals surface area (Å²) < 4.78 is 5.63. The van der Waals surface area contributed by atoms with Gasteiger partial charge in [-0.25, -0.2) is 0 Å². The number of rotatable bonds is 7. The zero-order chi connectivity index (χ0) is 20.1. The highest BCUT2D eigenvalue weighted by molar-refractivity contribution is 5.84. The summed E-state index contributed by atoms with van der Waals surface area (Å²) in [5, 5.41) is 4.21. The van der Waals surface area contributed by atoms with Crippen LogP contribution in [0.2, 0.25) is 0 Å². The monoisotopic (exact) mass is 384 g/mol. The molecule has 4 nitrogen and oxygen atoms in total. The molecule has 1 aromatic heterocycles. The summed E-state index contributed by atoms with van der Waals surface area (Å²) in [6.07, 6.45) is 2.04. The fourth-order valence-electron chi connectivity index (χ4n) is 3.60. The number of ether oxygens (including phenoxy) is 1. The first kappa shape index (κ1) is 18.8. The molecule has 4 aromatic rings. The largest absolute Gasteiger partial charge is 0.484 e. The molecule has 0 aliphatic rings. The molecule has 0 saturated carbocycles. The molecule has 4 rings (SSSR count). The molecule has 3 aromatic carbocycles. The fraction of sp³-hybridized carbons (Fsp3) is 0.160. The quantitative estimate of drug-likeness (QED) is 0.481. The average Bonchev–Trinajstić information content (AvgIpc) is 3.17. The van der Waals surface area contributed by atoms with Gasteiger partial charge in [-0.15, -0.1) is 0 Å². The van der Waals surface area contributed by atoms with Gasteiger partial charge in [0.1, 0.15) is 5.75 Å². The van der Waals surface area contributed by atoms with Crippen molar-refractivity contribution in [3.05, 3.63) is 102 Å². The van der Waals surface area contributed by atoms with Gasteiger partial charge in [0.25, 0.3) is 5.91 Å². The van der Waals surface area contributed by atoms with Crippen molar-refractivity contribution in [3.8, 4) is 5.75 Å². The van der Waals surface area contributed by atoms with E-state index in [1.807, 2.05) is 67.7 Å². The lowest BCUT2D eigenvalue weighted by Crippen LogP contribution is -2.32. The normalized spacial score (nSPS) is 11.9. The van der Waals surface area contributed by atoms with Crippen LogP contribution in [-0.2, 0) is 4.79 Å². The van der Waals surface area contributed by atoms with Crippen LogP contribution in [0.15, 0.2) is 85.1 Å². The van der Waals surface area contributed by atoms with E-state index in [9.17, 15) is 4.79 Å². The van der Waals surface area contributed by atoms with E-state index in [-0.39, 0.29) is 18.4 Å². The van der Waals surface area contributed by atoms with Gasteiger partial charge in [-0.3, -0.25) is 4.79 Å². The van der Waals surface area contributed by atoms with Gasteiger partial charge in [-0.05, 0) is 41.8 Å². The van der Waals surface area contributed by atoms with Gasteiger partial charge in [-0.2, -0.15) is 0 Å². The van der Waals surface area contributed by atoms with Crippen molar-refractivity contribution >= 4 is 16.8 Å². The van der Waals surface area contributed by atoms with Crippen LogP contribution in [-0.4, -0.2) is 24.0 Å². The molecule has 0 radical (unpaired) electrons. The molecular formula is C25H24N2O2. The number of aromatic nitrogens is 1. The molecular weight excluding hydrogens is 360 g/mol. The van der Waals surface area contributed by atoms with Crippen molar-refractivity contribution in [1.29, 1.82) is 0 Å². The Hall–Kier alpha value is -3.53. The van der Waals surface area contributed by atoms with Crippen molar-refractivity contribution < 1.29 is 9.53 Å². The molecule has 2 N–H and O–H groups in total. The van der Waals surface area contributed by atoms with E-state index < -0.39 is 0 Å². The van der Waals surface area contributed by atoms with Crippen LogP contribution in [0, 0.1) is 6.92 Å². The Morgan fingerprint density at radius 1 is 1.00 bits per heavy atom. The summed E-state index contributed by atoms with van der Waals surface area (Å²) in [7, 11) is 0. The maximum atomic E-state index is 12.4. The number of aromatic amines is 1. The van der Waals surface area contributed by atoms with Gasteiger partial charge in [0, 0.05) is 29.6 Å². The van der Waals surface area contributed by atoms with Crippen molar-refractivity contribution in [2.24, 2.45) is 0 Å². The second-order valence-electron chi connectivity index (χ2n) is 7.16. The van der Waals surface area contributed by atoms with E-state index in [0.29, 0.717) is 12.3 Å². The number of carbonyl (C=O) groups is 1. The molecule has 0 spiro atoms. The molecule has 0 saturated heterocycles. The number of nitrogens with one attached hydrogen (secondary N) is 2. The highest BCUT2D eigenvalue weighted by atomic mass is 16.5. The van der Waals surface area contributed by atoms with Crippen LogP contribution in [0.1, 0.15) is 22.6 Å². The molecule has 0 aliphatic heterocycles. The summed E-state index contributed by atoms with van der Waals surface area (Å²) in [6, 6.07) is 26.2. The standard InChI is InChI=1S/C25H24N2O2/c1-18-8-7-11-20(14-18)29-17-25(28)27-15-22(19-9-3-2-4-10-19)23-16-26-24-13-6-5-12-21(23)24/h2-14,16,22,26H,15,17H2,1H3,(H,27,28). The van der Waals surface area contributed by atoms with Crippen LogP contribution < -0.4 is 10.1 Å². The summed E-state index contributed by atoms with van der Waals surface area (Å²) in [5.41, 5.74) is 4.53. The maximum absolute atomic E-state index is 12.4. The second kappa shape index (κ2) is 8.65. The second-order valence-corrected chi connectivity index (χ2v) is 7.16. The molecule has 4 heteroatoms. The Labute approximate surface area is 170 Å². The van der Waals surface area contributed by atoms with Crippen molar-refractivity contribution in [2.75, 3.05) is 13.2 Å². The lowest BCUT2D eigenvalue weighted by molar-refractivity contribution is -0.123. The summed E-state index contributed by atoms with van der Waals surface area (Å²) >= 11 is 0. The first-order valence-electron chi connectivity index (χ1n) is 9.78. The average molecular weight is 384 g/mol. The van der Waals surface area contributed by atoms with Crippen LogP contribution >= 0.6 is 0 Å². The smallest absolute Gasteiger partial charge is 0.257 e. The highest BCUT2D eigenvalue weighted by Gasteiger charge is 2.19. The summed E-state index contributed by atoms with van der Waals surface area (Å²) in [5.74, 6) is 0.624. The first-order chi connectivity index (χ1) is 14.2. The Bertz CT molecular complexity index is 1100. The van der Waals surface area contributed by atoms with E-state index in [0.717, 1.165) is 16.6 Å². The van der Waals surface area contributed by atoms with Gasteiger partial charge in [0.05, 0.1) is 0 Å². The van der Waals surface area contributed by atoms with Crippen molar-refractivity contribution in [3.63, 3.8) is 0 Å². The molecule has 29 heavy (non-hydrogen) atoms. The molecule has 1 atom stereocenters. The third-order valence-electron chi connectivity index (χ3n) is 5.06. The van der Waals surface area contributed by atoms with Gasteiger partial charge in [-0.1, -0.05) is 60.7 Å². The minimum atomic E-state index is -0.132. The number of fused-ring (bicyclic) bond motifs is 1. The lowest BCUT2D eigenvalue weighted by atomic mass is 9.91. The zero-order valence-electron chi connectivity index (χ0n) is 16.4. The summed E-state index contributed by atoms with van der Waals surface area (Å²) in [4.78, 5) is 15.8. The number of benzene rings is 3. The fourth-order valence-corrected chi connectivity index (χ4v) is 3.60. The van der Waals surface area contributed by atoms with Gasteiger partial charge in [0.15, 0.2) is 6.61 Å². The minimum absolute atomic E-state index is 0.00114. The number of amides is 1. The number of para-hydroxylation sites is 1. The van der Waals surface area contributed by atoms with Crippen LogP contribution in [0.5, 0.6) is 5.75 Å². The number of hydrogen-bond donors (Lipinski definition) is 2. The van der Waals surface area contributed by atoms with Crippen molar-refractivity contribution in [2.45, 2.75) is 12.8 Å². The van der Waals surface area contributed by atoms with Gasteiger partial charge < -0.3 is 15.0 Å². The first-order valence-corrected chi connectivity index (χ1v) is 9.78. The Morgan fingerprint density at radius 3 is 2.62 bits per heavy atom. The maximum Gasteiger partial charge on any atom is 0.257 e. The third kappa shape index (κ3) is 4.49. The number of aryl methyl sites for hydroxylation is 1. The van der Waals surface area contributed by atoms with E-state index in [2.05, 4.69) is 34.6 Å². The Morgan fingerprint density at radius 2 is 1.79 bits per heavy atom. The number of carbonyl (C=O) groups excluding carboxylic acids is 1. The zero-order valence-corrected chi connectivity index (χ0v) is 16.4. The molecule has 0 bridgehead atoms. The Balaban J connectivity index is 1.48. The molecule has 1 amide bonds. The predicted molar refractivity (Wildman–Crippen MR) is 116 cm³/mol. The van der Waals surface area contributed by atoms with Crippen LogP contribution in [0.3, 0.4) is 0 Å². The third-order valence-corrected chi connectivity index (χ3v) is 5.06. The van der Waals surface area contributed by atoms with Crippen LogP contribution in [0.4, 0.5) is 0 Å². The molecule has 0 aliphatic carbocycles. The van der Waals surface area contributed by atoms with Crippen molar-refractivity contribution in [1.82, 2.24) is 10.3 Å². The van der Waals surface area contributed by atoms with E-state index in [4.69, 9.17) is 4.74 Å². The number of H-pyrrole nitrogens is 1. The van der Waals surface area contributed by atoms with Gasteiger partial charge >= 0.3 is 0 Å². The van der Waals surface area contributed by atoms with Crippen LogP contribution in [0.25, 0.3) is 10.9 Å². The summed E-state index contributed by atoms with van der Waals surface area (Å²) in [6.45, 7) is 2.50. The SMILES string of the molecule is Cc1cccc(OCC(=O)NCC(c2ccccc2)c2c[nH]c3ccccc23)c1. The van der Waals surface area contributed by atoms with E-state index in [1.165, 1.54) is 10.9 Å². The molecule has 1 unspecified atom stereocenters. The van der Waals surface area contributed by atoms with E-state index in [1.54, 1.807) is 0 Å². The molecule has 0 fully saturated rings. The van der Waals surface area contributed by atoms with Gasteiger partial charge in [0.2, 0.25) is 0 Å². The Kier molecular flexibility index (Phi) is 5.61. The lowest BCUT2D eigenvalue weighted by Gasteiger charge is -2.18. The predicted octanol–water partition coefficient (Wildman–Crippen LogP) is 4.80. The molecule has 1 heterocycles. The van der Waals surface area contributed by atoms with E-state index >= 15 is 0 Å². The topological polar surface area (TPSA) is 54.1 Å².